The molecule has 1 saturated heterocycles. The van der Waals surface area contributed by atoms with E-state index < -0.39 is 17.9 Å². The molecule has 0 aromatic heterocycles. The van der Waals surface area contributed by atoms with Crippen molar-refractivity contribution in [3.63, 3.8) is 0 Å². The smallest absolute Gasteiger partial charge is 0.325 e. The Balaban J connectivity index is 1.70. The number of piperidine rings is 1. The summed E-state index contributed by atoms with van der Waals surface area (Å²) in [5.74, 6) is -0.851. The average molecular weight is 482 g/mol. The van der Waals surface area contributed by atoms with Crippen molar-refractivity contribution in [2.24, 2.45) is 5.92 Å². The maximum Gasteiger partial charge on any atom is 0.325 e. The van der Waals surface area contributed by atoms with E-state index in [9.17, 15) is 19.5 Å². The number of phenolic OH excluding ortho intramolecular Hbond substituents is 1. The minimum Gasteiger partial charge on any atom is -0.508 e. The number of rotatable bonds is 9. The highest BCUT2D eigenvalue weighted by molar-refractivity contribution is 5.87. The van der Waals surface area contributed by atoms with Gasteiger partial charge < -0.3 is 20.5 Å². The van der Waals surface area contributed by atoms with Crippen LogP contribution in [-0.2, 0) is 31.0 Å². The van der Waals surface area contributed by atoms with Gasteiger partial charge in [0.1, 0.15) is 12.3 Å². The Morgan fingerprint density at radius 2 is 1.91 bits per heavy atom. The molecule has 0 radical (unpaired) electrons. The van der Waals surface area contributed by atoms with E-state index in [2.05, 4.69) is 29.4 Å². The molecular formula is C27H35N3O5. The van der Waals surface area contributed by atoms with Crippen LogP contribution in [0.4, 0.5) is 0 Å². The lowest BCUT2D eigenvalue weighted by Gasteiger charge is -2.47. The summed E-state index contributed by atoms with van der Waals surface area (Å²) in [5.41, 5.74) is 1.99. The van der Waals surface area contributed by atoms with Crippen LogP contribution in [0.3, 0.4) is 0 Å². The van der Waals surface area contributed by atoms with Gasteiger partial charge in [0.15, 0.2) is 6.61 Å². The highest BCUT2D eigenvalue weighted by Gasteiger charge is 2.41. The van der Waals surface area contributed by atoms with E-state index in [0.717, 1.165) is 17.5 Å². The standard InChI is InChI=1S/C27H35N3O5/c1-19-17-30(13-12-27(19,2)21-10-7-11-22(31)15-21)23(14-20-8-5-4-6-9-20)26(34)29-16-25(33)35-18-24(32)28-3/h4-11,15,19,23,31H,12-14,16-18H2,1-3H3,(H,28,32)(H,29,34). The summed E-state index contributed by atoms with van der Waals surface area (Å²) < 4.78 is 4.89. The van der Waals surface area contributed by atoms with Gasteiger partial charge in [0, 0.05) is 13.6 Å². The molecule has 1 fully saturated rings. The largest absolute Gasteiger partial charge is 0.508 e. The molecule has 1 heterocycles. The van der Waals surface area contributed by atoms with Crippen molar-refractivity contribution in [2.45, 2.75) is 38.1 Å². The number of benzene rings is 2. The SMILES string of the molecule is CNC(=O)COC(=O)CNC(=O)C(Cc1ccccc1)N1CCC(C)(c2cccc(O)c2)C(C)C1. The Kier molecular flexibility index (Phi) is 8.87. The number of aromatic hydroxyl groups is 1. The lowest BCUT2D eigenvalue weighted by molar-refractivity contribution is -0.148. The van der Waals surface area contributed by atoms with Gasteiger partial charge in [0.25, 0.3) is 5.91 Å². The Morgan fingerprint density at radius 3 is 2.57 bits per heavy atom. The van der Waals surface area contributed by atoms with Crippen LogP contribution in [0.25, 0.3) is 0 Å². The molecule has 2 aromatic carbocycles. The molecule has 3 atom stereocenters. The molecule has 1 aliphatic heterocycles. The fourth-order valence-corrected chi connectivity index (χ4v) is 4.61. The zero-order chi connectivity index (χ0) is 25.4. The average Bonchev–Trinajstić information content (AvgIpc) is 2.86. The summed E-state index contributed by atoms with van der Waals surface area (Å²) in [6.45, 7) is 5.09. The van der Waals surface area contributed by atoms with E-state index in [4.69, 9.17) is 4.74 Å². The number of hydrogen-bond donors (Lipinski definition) is 3. The number of ether oxygens (including phenoxy) is 1. The Labute approximate surface area is 206 Å². The van der Waals surface area contributed by atoms with Crippen LogP contribution in [0.15, 0.2) is 54.6 Å². The topological polar surface area (TPSA) is 108 Å². The monoisotopic (exact) mass is 481 g/mol. The van der Waals surface area contributed by atoms with Crippen LogP contribution >= 0.6 is 0 Å². The lowest BCUT2D eigenvalue weighted by Crippen LogP contribution is -2.56. The molecule has 2 amide bonds. The summed E-state index contributed by atoms with van der Waals surface area (Å²) in [4.78, 5) is 38.7. The Morgan fingerprint density at radius 1 is 1.17 bits per heavy atom. The molecule has 35 heavy (non-hydrogen) atoms. The molecule has 3 rings (SSSR count). The van der Waals surface area contributed by atoms with Gasteiger partial charge in [-0.3, -0.25) is 19.3 Å². The maximum atomic E-state index is 13.3. The maximum absolute atomic E-state index is 13.3. The van der Waals surface area contributed by atoms with Gasteiger partial charge in [-0.1, -0.05) is 56.3 Å². The molecule has 8 heteroatoms. The number of amides is 2. The van der Waals surface area contributed by atoms with E-state index in [1.54, 1.807) is 6.07 Å². The highest BCUT2D eigenvalue weighted by Crippen LogP contribution is 2.40. The number of carbonyl (C=O) groups excluding carboxylic acids is 3. The quantitative estimate of drug-likeness (QED) is 0.473. The second-order valence-electron chi connectivity index (χ2n) is 9.37. The third kappa shape index (κ3) is 6.82. The first-order valence-corrected chi connectivity index (χ1v) is 11.9. The molecule has 3 unspecified atom stereocenters. The molecule has 0 bridgehead atoms. The molecular weight excluding hydrogens is 446 g/mol. The first-order chi connectivity index (χ1) is 16.7. The minimum absolute atomic E-state index is 0.132. The zero-order valence-corrected chi connectivity index (χ0v) is 20.6. The number of nitrogens with zero attached hydrogens (tertiary/aromatic N) is 1. The van der Waals surface area contributed by atoms with Gasteiger partial charge in [-0.2, -0.15) is 0 Å². The predicted octanol–water partition coefficient (Wildman–Crippen LogP) is 2.01. The van der Waals surface area contributed by atoms with E-state index in [1.165, 1.54) is 7.05 Å². The molecule has 0 saturated carbocycles. The zero-order valence-electron chi connectivity index (χ0n) is 20.6. The van der Waals surface area contributed by atoms with Crippen LogP contribution in [-0.4, -0.2) is 67.1 Å². The van der Waals surface area contributed by atoms with E-state index in [-0.39, 0.29) is 36.1 Å². The first-order valence-electron chi connectivity index (χ1n) is 11.9. The second-order valence-corrected chi connectivity index (χ2v) is 9.37. The van der Waals surface area contributed by atoms with Crippen molar-refractivity contribution >= 4 is 17.8 Å². The molecule has 2 aromatic rings. The van der Waals surface area contributed by atoms with Crippen molar-refractivity contribution in [3.05, 3.63) is 65.7 Å². The highest BCUT2D eigenvalue weighted by atomic mass is 16.5. The number of carbonyl (C=O) groups is 3. The van der Waals surface area contributed by atoms with Crippen LogP contribution < -0.4 is 10.6 Å². The Hall–Kier alpha value is -3.39. The third-order valence-electron chi connectivity index (χ3n) is 7.09. The lowest BCUT2D eigenvalue weighted by atomic mass is 9.67. The van der Waals surface area contributed by atoms with Gasteiger partial charge in [-0.15, -0.1) is 0 Å². The predicted molar refractivity (Wildman–Crippen MR) is 133 cm³/mol. The molecule has 188 valence electrons. The number of likely N-dealkylation sites (tertiary alicyclic amines) is 1. The van der Waals surface area contributed by atoms with Gasteiger partial charge in [-0.25, -0.2) is 0 Å². The van der Waals surface area contributed by atoms with Gasteiger partial charge >= 0.3 is 5.97 Å². The summed E-state index contributed by atoms with van der Waals surface area (Å²) >= 11 is 0. The number of phenols is 1. The van der Waals surface area contributed by atoms with Crippen LogP contribution in [0, 0.1) is 5.92 Å². The molecule has 3 N–H and O–H groups in total. The van der Waals surface area contributed by atoms with Crippen LogP contribution in [0.5, 0.6) is 5.75 Å². The minimum atomic E-state index is -0.663. The van der Waals surface area contributed by atoms with Crippen molar-refractivity contribution in [3.8, 4) is 5.75 Å². The van der Waals surface area contributed by atoms with Crippen molar-refractivity contribution < 1.29 is 24.2 Å². The Bertz CT molecular complexity index is 1030. The summed E-state index contributed by atoms with van der Waals surface area (Å²) in [7, 11) is 1.46. The van der Waals surface area contributed by atoms with Crippen molar-refractivity contribution in [1.29, 1.82) is 0 Å². The molecule has 0 aliphatic carbocycles. The van der Waals surface area contributed by atoms with Crippen LogP contribution in [0.1, 0.15) is 31.4 Å². The number of nitrogens with one attached hydrogen (secondary N) is 2. The number of likely N-dealkylation sites (N-methyl/N-ethyl adjacent to an activating group) is 1. The summed E-state index contributed by atoms with van der Waals surface area (Å²) in [6.07, 6.45) is 1.33. The van der Waals surface area contributed by atoms with E-state index in [0.29, 0.717) is 19.5 Å². The molecule has 0 spiro atoms. The molecule has 8 nitrogen and oxygen atoms in total. The van der Waals surface area contributed by atoms with Gasteiger partial charge in [-0.05, 0) is 54.0 Å². The van der Waals surface area contributed by atoms with Crippen molar-refractivity contribution in [1.82, 2.24) is 15.5 Å². The normalized spacial score (nSPS) is 21.1. The molecule has 1 aliphatic rings. The second kappa shape index (κ2) is 11.8. The fraction of sp³-hybridized carbons (Fsp3) is 0.444. The van der Waals surface area contributed by atoms with Crippen LogP contribution in [0.2, 0.25) is 0 Å². The van der Waals surface area contributed by atoms with E-state index in [1.807, 2.05) is 48.5 Å². The fourth-order valence-electron chi connectivity index (χ4n) is 4.61. The van der Waals surface area contributed by atoms with Crippen molar-refractivity contribution in [2.75, 3.05) is 33.3 Å². The van der Waals surface area contributed by atoms with Gasteiger partial charge in [0.2, 0.25) is 5.91 Å². The first kappa shape index (κ1) is 26.2. The summed E-state index contributed by atoms with van der Waals surface area (Å²) in [5, 5.41) is 15.1. The third-order valence-corrected chi connectivity index (χ3v) is 7.09. The van der Waals surface area contributed by atoms with E-state index >= 15 is 0 Å². The van der Waals surface area contributed by atoms with Gasteiger partial charge in [0.05, 0.1) is 6.04 Å². The summed E-state index contributed by atoms with van der Waals surface area (Å²) in [6, 6.07) is 16.7. The number of hydrogen-bond acceptors (Lipinski definition) is 6. The number of esters is 1.